The van der Waals surface area contributed by atoms with Crippen molar-refractivity contribution in [2.75, 3.05) is 13.1 Å². The highest BCUT2D eigenvalue weighted by Crippen LogP contribution is 2.30. The summed E-state index contributed by atoms with van der Waals surface area (Å²) in [6.45, 7) is 3.43. The lowest BCUT2D eigenvalue weighted by Gasteiger charge is -2.18. The van der Waals surface area contributed by atoms with Crippen LogP contribution in [0.3, 0.4) is 0 Å². The first-order chi connectivity index (χ1) is 11.9. The minimum atomic E-state index is 0.466. The highest BCUT2D eigenvalue weighted by molar-refractivity contribution is 7.15. The third-order valence-electron chi connectivity index (χ3n) is 4.26. The van der Waals surface area contributed by atoms with Crippen molar-refractivity contribution in [3.63, 3.8) is 0 Å². The molecule has 0 bridgehead atoms. The van der Waals surface area contributed by atoms with E-state index in [1.807, 2.05) is 18.2 Å². The zero-order valence-corrected chi connectivity index (χ0v) is 14.3. The average molecular weight is 340 g/mol. The summed E-state index contributed by atoms with van der Waals surface area (Å²) in [5.41, 5.74) is 0.706. The van der Waals surface area contributed by atoms with Crippen molar-refractivity contribution in [2.24, 2.45) is 0 Å². The number of nitrogens with zero attached hydrogens (tertiary/aromatic N) is 4. The van der Waals surface area contributed by atoms with Crippen LogP contribution in [0.4, 0.5) is 0 Å². The van der Waals surface area contributed by atoms with Crippen molar-refractivity contribution < 1.29 is 4.42 Å². The predicted octanol–water partition coefficient (Wildman–Crippen LogP) is 4.24. The van der Waals surface area contributed by atoms with Gasteiger partial charge in [0, 0.05) is 17.6 Å². The molecule has 1 aliphatic heterocycles. The van der Waals surface area contributed by atoms with E-state index in [-0.39, 0.29) is 0 Å². The second-order valence-corrected chi connectivity index (χ2v) is 7.25. The normalized spacial score (nSPS) is 16.2. The topological polar surface area (TPSA) is 55.1 Å². The maximum atomic E-state index is 5.79. The van der Waals surface area contributed by atoms with E-state index in [1.165, 1.54) is 43.6 Å². The molecule has 0 aromatic carbocycles. The lowest BCUT2D eigenvalue weighted by molar-refractivity contribution is 0.279. The van der Waals surface area contributed by atoms with Crippen LogP contribution < -0.4 is 0 Å². The van der Waals surface area contributed by atoms with Crippen molar-refractivity contribution in [3.05, 3.63) is 41.4 Å². The van der Waals surface area contributed by atoms with Crippen molar-refractivity contribution in [1.29, 1.82) is 0 Å². The van der Waals surface area contributed by atoms with E-state index in [9.17, 15) is 0 Å². The van der Waals surface area contributed by atoms with Crippen LogP contribution in [0.15, 0.2) is 40.9 Å². The van der Waals surface area contributed by atoms with E-state index in [1.54, 1.807) is 17.5 Å². The van der Waals surface area contributed by atoms with Gasteiger partial charge in [0.15, 0.2) is 0 Å². The Morgan fingerprint density at radius 3 is 2.58 bits per heavy atom. The number of hydrogen-bond acceptors (Lipinski definition) is 6. The minimum absolute atomic E-state index is 0.466. The van der Waals surface area contributed by atoms with E-state index in [0.29, 0.717) is 17.5 Å². The molecule has 0 saturated carbocycles. The highest BCUT2D eigenvalue weighted by Gasteiger charge is 2.15. The molecule has 1 fully saturated rings. The smallest absolute Gasteiger partial charge is 0.266 e. The Morgan fingerprint density at radius 2 is 1.79 bits per heavy atom. The number of pyridine rings is 1. The van der Waals surface area contributed by atoms with E-state index in [2.05, 4.69) is 32.2 Å². The quantitative estimate of drug-likeness (QED) is 0.711. The van der Waals surface area contributed by atoms with E-state index in [4.69, 9.17) is 4.42 Å². The minimum Gasteiger partial charge on any atom is -0.414 e. The lowest BCUT2D eigenvalue weighted by atomic mass is 10.2. The fourth-order valence-electron chi connectivity index (χ4n) is 3.01. The summed E-state index contributed by atoms with van der Waals surface area (Å²) in [5, 5.41) is 8.30. The van der Waals surface area contributed by atoms with Crippen LogP contribution in [0.2, 0.25) is 0 Å². The SMILES string of the molecule is c1ccc(-c2nnc(-c3ccc(CN4CCCCCC4)s3)o2)nc1. The molecule has 3 aromatic heterocycles. The molecule has 4 rings (SSSR count). The standard InChI is InChI=1S/C18H20N4OS/c1-2-6-12-22(11-5-1)13-14-8-9-16(24-14)18-21-20-17(23-18)15-7-3-4-10-19-15/h3-4,7-10H,1-2,5-6,11-13H2. The summed E-state index contributed by atoms with van der Waals surface area (Å²) < 4.78 is 5.79. The van der Waals surface area contributed by atoms with Gasteiger partial charge in [-0.05, 0) is 50.2 Å². The molecule has 4 heterocycles. The van der Waals surface area contributed by atoms with Crippen LogP contribution in [0.5, 0.6) is 0 Å². The maximum absolute atomic E-state index is 5.79. The summed E-state index contributed by atoms with van der Waals surface area (Å²) in [5.74, 6) is 1.04. The van der Waals surface area contributed by atoms with Gasteiger partial charge < -0.3 is 4.42 Å². The molecule has 6 heteroatoms. The Balaban J connectivity index is 1.47. The predicted molar refractivity (Wildman–Crippen MR) is 94.6 cm³/mol. The lowest BCUT2D eigenvalue weighted by Crippen LogP contribution is -2.23. The third kappa shape index (κ3) is 3.55. The monoisotopic (exact) mass is 340 g/mol. The van der Waals surface area contributed by atoms with Gasteiger partial charge in [-0.25, -0.2) is 0 Å². The van der Waals surface area contributed by atoms with Crippen LogP contribution in [0.1, 0.15) is 30.6 Å². The van der Waals surface area contributed by atoms with Gasteiger partial charge >= 0.3 is 0 Å². The van der Waals surface area contributed by atoms with E-state index < -0.39 is 0 Å². The molecule has 5 nitrogen and oxygen atoms in total. The summed E-state index contributed by atoms with van der Waals surface area (Å²) >= 11 is 1.74. The van der Waals surface area contributed by atoms with Crippen molar-refractivity contribution in [2.45, 2.75) is 32.2 Å². The molecular formula is C18H20N4OS. The molecule has 3 aromatic rings. The molecule has 0 unspecified atom stereocenters. The molecule has 24 heavy (non-hydrogen) atoms. The zero-order chi connectivity index (χ0) is 16.2. The van der Waals surface area contributed by atoms with Gasteiger partial charge in [-0.3, -0.25) is 9.88 Å². The Kier molecular flexibility index (Phi) is 4.66. The summed E-state index contributed by atoms with van der Waals surface area (Å²) in [6.07, 6.45) is 7.09. The second-order valence-electron chi connectivity index (χ2n) is 6.08. The first-order valence-corrected chi connectivity index (χ1v) is 9.26. The number of rotatable bonds is 4. The molecule has 124 valence electrons. The Hall–Kier alpha value is -2.05. The first kappa shape index (κ1) is 15.5. The molecule has 0 N–H and O–H groups in total. The maximum Gasteiger partial charge on any atom is 0.266 e. The number of likely N-dealkylation sites (tertiary alicyclic amines) is 1. The first-order valence-electron chi connectivity index (χ1n) is 8.45. The average Bonchev–Trinajstić information content (AvgIpc) is 3.21. The van der Waals surface area contributed by atoms with E-state index >= 15 is 0 Å². The molecule has 0 aliphatic carbocycles. The third-order valence-corrected chi connectivity index (χ3v) is 5.32. The van der Waals surface area contributed by atoms with Gasteiger partial charge in [0.2, 0.25) is 0 Å². The zero-order valence-electron chi connectivity index (χ0n) is 13.5. The summed E-state index contributed by atoms with van der Waals surface area (Å²) in [7, 11) is 0. The van der Waals surface area contributed by atoms with Gasteiger partial charge in [0.1, 0.15) is 5.69 Å². The Bertz CT molecular complexity index is 775. The summed E-state index contributed by atoms with van der Waals surface area (Å²) in [6, 6.07) is 9.91. The highest BCUT2D eigenvalue weighted by atomic mass is 32.1. The van der Waals surface area contributed by atoms with Gasteiger partial charge in [-0.1, -0.05) is 18.9 Å². The fraction of sp³-hybridized carbons (Fsp3) is 0.389. The molecule has 1 aliphatic rings. The van der Waals surface area contributed by atoms with E-state index in [0.717, 1.165) is 11.4 Å². The van der Waals surface area contributed by atoms with Crippen LogP contribution in [0.25, 0.3) is 22.4 Å². The van der Waals surface area contributed by atoms with Crippen molar-refractivity contribution in [3.8, 4) is 22.4 Å². The van der Waals surface area contributed by atoms with Gasteiger partial charge in [-0.15, -0.1) is 21.5 Å². The molecule has 1 saturated heterocycles. The summed E-state index contributed by atoms with van der Waals surface area (Å²) in [4.78, 5) is 9.17. The van der Waals surface area contributed by atoms with Gasteiger partial charge in [0.25, 0.3) is 11.8 Å². The number of hydrogen-bond donors (Lipinski definition) is 0. The van der Waals surface area contributed by atoms with Crippen LogP contribution >= 0.6 is 11.3 Å². The fourth-order valence-corrected chi connectivity index (χ4v) is 3.98. The van der Waals surface area contributed by atoms with Gasteiger partial charge in [0.05, 0.1) is 4.88 Å². The molecular weight excluding hydrogens is 320 g/mol. The van der Waals surface area contributed by atoms with Crippen molar-refractivity contribution >= 4 is 11.3 Å². The van der Waals surface area contributed by atoms with Crippen molar-refractivity contribution in [1.82, 2.24) is 20.1 Å². The molecule has 0 amide bonds. The Labute approximate surface area is 145 Å². The van der Waals surface area contributed by atoms with Gasteiger partial charge in [-0.2, -0.15) is 0 Å². The molecule has 0 atom stereocenters. The number of aromatic nitrogens is 3. The second kappa shape index (κ2) is 7.23. The van der Waals surface area contributed by atoms with Crippen LogP contribution in [-0.2, 0) is 6.54 Å². The largest absolute Gasteiger partial charge is 0.414 e. The van der Waals surface area contributed by atoms with Crippen LogP contribution in [0, 0.1) is 0 Å². The Morgan fingerprint density at radius 1 is 0.958 bits per heavy atom. The molecule has 0 radical (unpaired) electrons. The van der Waals surface area contributed by atoms with Crippen LogP contribution in [-0.4, -0.2) is 33.2 Å². The number of thiophene rings is 1. The molecule has 0 spiro atoms.